The van der Waals surface area contributed by atoms with Gasteiger partial charge in [-0.15, -0.1) is 12.4 Å². The third-order valence-corrected chi connectivity index (χ3v) is 4.03. The Balaban J connectivity index is 0.00000289. The van der Waals surface area contributed by atoms with Gasteiger partial charge in [0.2, 0.25) is 10.0 Å². The quantitative estimate of drug-likeness (QED) is 0.860. The van der Waals surface area contributed by atoms with Gasteiger partial charge >= 0.3 is 0 Å². The van der Waals surface area contributed by atoms with E-state index >= 15 is 0 Å². The molecule has 8 heteroatoms. The first-order valence-corrected chi connectivity index (χ1v) is 6.82. The van der Waals surface area contributed by atoms with Crippen LogP contribution in [0.15, 0.2) is 23.1 Å². The summed E-state index contributed by atoms with van der Waals surface area (Å²) in [6, 6.07) is 3.94. The number of sulfonamides is 1. The molecule has 1 rings (SSSR count). The smallest absolute Gasteiger partial charge is 0.240 e. The van der Waals surface area contributed by atoms with E-state index in [2.05, 4.69) is 4.72 Å². The van der Waals surface area contributed by atoms with Gasteiger partial charge in [-0.25, -0.2) is 13.1 Å². The van der Waals surface area contributed by atoms with Gasteiger partial charge in [-0.1, -0.05) is 11.6 Å². The lowest BCUT2D eigenvalue weighted by atomic mass is 10.3. The van der Waals surface area contributed by atoms with Crippen LogP contribution in [0, 0.1) is 0 Å². The normalized spacial score (nSPS) is 12.7. The summed E-state index contributed by atoms with van der Waals surface area (Å²) in [5.74, 6) is 0.428. The lowest BCUT2D eigenvalue weighted by Gasteiger charge is -2.12. The van der Waals surface area contributed by atoms with Crippen LogP contribution in [0.25, 0.3) is 0 Å². The van der Waals surface area contributed by atoms with Crippen molar-refractivity contribution in [3.05, 3.63) is 23.2 Å². The zero-order valence-electron chi connectivity index (χ0n) is 10.0. The Morgan fingerprint density at radius 3 is 2.56 bits per heavy atom. The van der Waals surface area contributed by atoms with Crippen molar-refractivity contribution in [2.45, 2.75) is 17.9 Å². The van der Waals surface area contributed by atoms with Gasteiger partial charge < -0.3 is 10.5 Å². The van der Waals surface area contributed by atoms with Crippen molar-refractivity contribution in [1.29, 1.82) is 0 Å². The molecule has 0 aromatic heterocycles. The molecule has 1 atom stereocenters. The van der Waals surface area contributed by atoms with Crippen LogP contribution < -0.4 is 15.2 Å². The number of hydrogen-bond donors (Lipinski definition) is 2. The Bertz CT molecular complexity index is 494. The van der Waals surface area contributed by atoms with Gasteiger partial charge in [0.05, 0.1) is 17.0 Å². The maximum absolute atomic E-state index is 11.9. The van der Waals surface area contributed by atoms with E-state index in [9.17, 15) is 8.42 Å². The van der Waals surface area contributed by atoms with E-state index in [-0.39, 0.29) is 34.9 Å². The molecule has 0 heterocycles. The summed E-state index contributed by atoms with van der Waals surface area (Å²) >= 11 is 5.86. The summed E-state index contributed by atoms with van der Waals surface area (Å²) in [6.07, 6.45) is 0. The summed E-state index contributed by atoms with van der Waals surface area (Å²) < 4.78 is 31.2. The fraction of sp³-hybridized carbons (Fsp3) is 0.400. The van der Waals surface area contributed by atoms with Crippen LogP contribution in [-0.2, 0) is 10.0 Å². The van der Waals surface area contributed by atoms with Crippen LogP contribution in [0.1, 0.15) is 6.92 Å². The van der Waals surface area contributed by atoms with Crippen LogP contribution >= 0.6 is 24.0 Å². The van der Waals surface area contributed by atoms with Gasteiger partial charge in [-0.05, 0) is 25.1 Å². The highest BCUT2D eigenvalue weighted by atomic mass is 35.5. The summed E-state index contributed by atoms with van der Waals surface area (Å²) in [5, 5.41) is 0.246. The van der Waals surface area contributed by atoms with Gasteiger partial charge in [0.1, 0.15) is 5.75 Å². The van der Waals surface area contributed by atoms with Crippen molar-refractivity contribution in [3.8, 4) is 5.75 Å². The fourth-order valence-electron chi connectivity index (χ4n) is 1.20. The Morgan fingerprint density at radius 1 is 1.50 bits per heavy atom. The predicted molar refractivity (Wildman–Crippen MR) is 74.1 cm³/mol. The number of nitrogens with two attached hydrogens (primary N) is 1. The molecule has 0 bridgehead atoms. The number of hydrogen-bond acceptors (Lipinski definition) is 4. The molecule has 1 aromatic rings. The third-order valence-electron chi connectivity index (χ3n) is 2.14. The first-order valence-electron chi connectivity index (χ1n) is 4.96. The molecule has 0 saturated heterocycles. The second kappa shape index (κ2) is 7.16. The van der Waals surface area contributed by atoms with Gasteiger partial charge in [-0.3, -0.25) is 0 Å². The van der Waals surface area contributed by atoms with Crippen molar-refractivity contribution in [2.75, 3.05) is 13.7 Å². The maximum atomic E-state index is 11.9. The molecule has 0 aliphatic carbocycles. The Morgan fingerprint density at radius 2 is 2.11 bits per heavy atom. The van der Waals surface area contributed by atoms with Crippen LogP contribution in [0.4, 0.5) is 0 Å². The van der Waals surface area contributed by atoms with Crippen molar-refractivity contribution in [3.63, 3.8) is 0 Å². The lowest BCUT2D eigenvalue weighted by molar-refractivity contribution is 0.414. The Hall–Kier alpha value is -0.530. The molecule has 0 amide bonds. The second-order valence-corrected chi connectivity index (χ2v) is 5.68. The first-order chi connectivity index (χ1) is 7.90. The molecule has 3 N–H and O–H groups in total. The summed E-state index contributed by atoms with van der Waals surface area (Å²) in [6.45, 7) is 1.91. The summed E-state index contributed by atoms with van der Waals surface area (Å²) in [5.41, 5.74) is 5.36. The summed E-state index contributed by atoms with van der Waals surface area (Å²) in [4.78, 5) is 0.0867. The van der Waals surface area contributed by atoms with Crippen LogP contribution in [0.3, 0.4) is 0 Å². The SMILES string of the molecule is COc1ccc(S(=O)(=O)N[C@H](C)CN)cc1Cl.Cl. The average molecular weight is 315 g/mol. The minimum Gasteiger partial charge on any atom is -0.495 e. The molecule has 104 valence electrons. The lowest BCUT2D eigenvalue weighted by Crippen LogP contribution is -2.37. The van der Waals surface area contributed by atoms with Crippen molar-refractivity contribution in [2.24, 2.45) is 5.73 Å². The highest BCUT2D eigenvalue weighted by molar-refractivity contribution is 7.89. The third kappa shape index (κ3) is 4.29. The Kier molecular flexibility index (Phi) is 6.94. The van der Waals surface area contributed by atoms with E-state index in [1.807, 2.05) is 0 Å². The number of halogens is 2. The van der Waals surface area contributed by atoms with Gasteiger partial charge in [-0.2, -0.15) is 0 Å². The monoisotopic (exact) mass is 314 g/mol. The van der Waals surface area contributed by atoms with Gasteiger partial charge in [0.25, 0.3) is 0 Å². The zero-order valence-corrected chi connectivity index (χ0v) is 12.4. The topological polar surface area (TPSA) is 81.4 Å². The molecule has 0 unspecified atom stereocenters. The number of rotatable bonds is 5. The zero-order chi connectivity index (χ0) is 13.1. The van der Waals surface area contributed by atoms with E-state index < -0.39 is 10.0 Å². The molecule has 5 nitrogen and oxygen atoms in total. The maximum Gasteiger partial charge on any atom is 0.240 e. The molecule has 0 aliphatic rings. The number of benzene rings is 1. The van der Waals surface area contributed by atoms with Crippen molar-refractivity contribution < 1.29 is 13.2 Å². The molecular formula is C10H16Cl2N2O3S. The molecule has 0 radical (unpaired) electrons. The highest BCUT2D eigenvalue weighted by Crippen LogP contribution is 2.26. The minimum atomic E-state index is -3.59. The van der Waals surface area contributed by atoms with E-state index in [1.165, 1.54) is 25.3 Å². The van der Waals surface area contributed by atoms with Crippen molar-refractivity contribution >= 4 is 34.0 Å². The Labute approximate surface area is 118 Å². The largest absolute Gasteiger partial charge is 0.495 e. The number of methoxy groups -OCH3 is 1. The molecular weight excluding hydrogens is 299 g/mol. The van der Waals surface area contributed by atoms with E-state index in [4.69, 9.17) is 22.1 Å². The minimum absolute atomic E-state index is 0. The van der Waals surface area contributed by atoms with Gasteiger partial charge in [0.15, 0.2) is 0 Å². The summed E-state index contributed by atoms with van der Waals surface area (Å²) in [7, 11) is -2.13. The standard InChI is InChI=1S/C10H15ClN2O3S.ClH/c1-7(6-12)13-17(14,15)8-3-4-10(16-2)9(11)5-8;/h3-5,7,13H,6,12H2,1-2H3;1H/t7-;/m1./s1. The van der Waals surface area contributed by atoms with Crippen molar-refractivity contribution in [1.82, 2.24) is 4.72 Å². The first kappa shape index (κ1) is 17.5. The average Bonchev–Trinajstić information content (AvgIpc) is 2.28. The van der Waals surface area contributed by atoms with E-state index in [0.717, 1.165) is 0 Å². The van der Waals surface area contributed by atoms with E-state index in [0.29, 0.717) is 5.75 Å². The highest BCUT2D eigenvalue weighted by Gasteiger charge is 2.17. The molecule has 1 aromatic carbocycles. The van der Waals surface area contributed by atoms with Crippen LogP contribution in [-0.4, -0.2) is 28.1 Å². The molecule has 18 heavy (non-hydrogen) atoms. The number of ether oxygens (including phenoxy) is 1. The fourth-order valence-corrected chi connectivity index (χ4v) is 2.80. The molecule has 0 spiro atoms. The molecule has 0 saturated carbocycles. The number of nitrogens with one attached hydrogen (secondary N) is 1. The van der Waals surface area contributed by atoms with E-state index in [1.54, 1.807) is 6.92 Å². The van der Waals surface area contributed by atoms with Crippen LogP contribution in [0.2, 0.25) is 5.02 Å². The molecule has 0 fully saturated rings. The second-order valence-electron chi connectivity index (χ2n) is 3.55. The molecule has 0 aliphatic heterocycles. The predicted octanol–water partition coefficient (Wildman–Crippen LogP) is 1.40. The van der Waals surface area contributed by atoms with Gasteiger partial charge in [0, 0.05) is 12.6 Å². The van der Waals surface area contributed by atoms with Crippen LogP contribution in [0.5, 0.6) is 5.75 Å².